The molecule has 0 aromatic heterocycles. The molecular weight excluding hydrogens is 1470 g/mol. The van der Waals surface area contributed by atoms with Crippen molar-refractivity contribution in [3.8, 4) is 51.0 Å². The van der Waals surface area contributed by atoms with E-state index in [4.69, 9.17) is 0 Å². The maximum absolute atomic E-state index is 11.6. The van der Waals surface area contributed by atoms with Gasteiger partial charge in [0.2, 0.25) is 0 Å². The predicted octanol–water partition coefficient (Wildman–Crippen LogP) is 11.6. The molecule has 0 bridgehead atoms. The SMILES string of the molecule is Oc1c(I)cc(-c2cc(I)c(O)c(C(c3cc(I)cc(I)c3O)c3cc(-c4cc(I)c(O)c(I)c4)cc(I)c3O)c2)cc1I. The van der Waals surface area contributed by atoms with Gasteiger partial charge in [-0.15, -0.1) is 0 Å². The van der Waals surface area contributed by atoms with E-state index in [2.05, 4.69) is 181 Å². The molecule has 5 nitrogen and oxygen atoms in total. The minimum absolute atomic E-state index is 0.0457. The van der Waals surface area contributed by atoms with Crippen LogP contribution in [0.4, 0.5) is 0 Å². The highest BCUT2D eigenvalue weighted by atomic mass is 127. The summed E-state index contributed by atoms with van der Waals surface area (Å²) >= 11 is 16.9. The average molecular weight is 1480 g/mol. The third-order valence-electron chi connectivity index (χ3n) is 6.88. The summed E-state index contributed by atoms with van der Waals surface area (Å²) in [5.41, 5.74) is 4.91. The Morgan fingerprint density at radius 3 is 0.909 bits per heavy atom. The van der Waals surface area contributed by atoms with Gasteiger partial charge in [0, 0.05) is 26.2 Å². The smallest absolute Gasteiger partial charge is 0.142 e. The molecule has 0 radical (unpaired) electrons. The summed E-state index contributed by atoms with van der Waals surface area (Å²) in [4.78, 5) is 0. The minimum Gasteiger partial charge on any atom is -0.507 e. The summed E-state index contributed by atoms with van der Waals surface area (Å²) < 4.78 is 5.56. The van der Waals surface area contributed by atoms with Gasteiger partial charge in [-0.1, -0.05) is 0 Å². The molecule has 0 aliphatic heterocycles. The number of benzene rings is 5. The lowest BCUT2D eigenvalue weighted by Gasteiger charge is -2.25. The normalized spacial score (nSPS) is 11.4. The molecule has 0 saturated carbocycles. The molecule has 5 aromatic carbocycles. The molecule has 5 N–H and O–H groups in total. The van der Waals surface area contributed by atoms with Gasteiger partial charge in [0.25, 0.3) is 0 Å². The number of hydrogen-bond acceptors (Lipinski definition) is 5. The number of rotatable bonds is 5. The van der Waals surface area contributed by atoms with Crippen molar-refractivity contribution in [2.24, 2.45) is 0 Å². The maximum Gasteiger partial charge on any atom is 0.142 e. The molecule has 0 heterocycles. The molecule has 0 saturated heterocycles. The quantitative estimate of drug-likeness (QED) is 0.0892. The van der Waals surface area contributed by atoms with Gasteiger partial charge in [-0.25, -0.2) is 0 Å². The minimum atomic E-state index is -0.759. The number of phenols is 5. The molecule has 5 aromatic rings. The Morgan fingerprint density at radius 2 is 0.568 bits per heavy atom. The van der Waals surface area contributed by atoms with Crippen LogP contribution in [0.3, 0.4) is 0 Å². The molecule has 0 aliphatic carbocycles. The van der Waals surface area contributed by atoms with E-state index in [1.54, 1.807) is 0 Å². The van der Waals surface area contributed by atoms with E-state index in [0.29, 0.717) is 41.7 Å². The molecular formula is C31H16I8O5. The molecule has 13 heteroatoms. The van der Waals surface area contributed by atoms with Crippen LogP contribution in [0.25, 0.3) is 22.3 Å². The first-order chi connectivity index (χ1) is 20.7. The Bertz CT molecular complexity index is 1820. The van der Waals surface area contributed by atoms with Crippen LogP contribution >= 0.6 is 181 Å². The van der Waals surface area contributed by atoms with Crippen molar-refractivity contribution < 1.29 is 25.5 Å². The number of halogens is 8. The monoisotopic (exact) mass is 1480 g/mol. The van der Waals surface area contributed by atoms with Gasteiger partial charge in [0.05, 0.1) is 25.0 Å². The van der Waals surface area contributed by atoms with Crippen molar-refractivity contribution in [3.63, 3.8) is 0 Å². The van der Waals surface area contributed by atoms with Crippen molar-refractivity contribution in [2.45, 2.75) is 5.92 Å². The van der Waals surface area contributed by atoms with Crippen LogP contribution in [0.2, 0.25) is 0 Å². The molecule has 0 atom stereocenters. The van der Waals surface area contributed by atoms with Crippen LogP contribution in [0.5, 0.6) is 28.7 Å². The first-order valence-electron chi connectivity index (χ1n) is 12.3. The van der Waals surface area contributed by atoms with E-state index in [0.717, 1.165) is 25.8 Å². The van der Waals surface area contributed by atoms with E-state index in [9.17, 15) is 25.5 Å². The third kappa shape index (κ3) is 7.41. The van der Waals surface area contributed by atoms with Gasteiger partial charge in [-0.2, -0.15) is 0 Å². The first-order valence-corrected chi connectivity index (χ1v) is 20.9. The van der Waals surface area contributed by atoms with E-state index in [1.807, 2.05) is 60.7 Å². The zero-order valence-corrected chi connectivity index (χ0v) is 38.9. The fraction of sp³-hybridized carbons (Fsp3) is 0.0323. The number of aromatic hydroxyl groups is 5. The summed E-state index contributed by atoms with van der Waals surface area (Å²) in [5.74, 6) is -0.165. The van der Waals surface area contributed by atoms with Gasteiger partial charge in [-0.3, -0.25) is 0 Å². The molecule has 44 heavy (non-hydrogen) atoms. The summed E-state index contributed by atoms with van der Waals surface area (Å²) in [7, 11) is 0. The highest BCUT2D eigenvalue weighted by molar-refractivity contribution is 14.1. The second-order valence-corrected chi connectivity index (χ2v) is 19.0. The van der Waals surface area contributed by atoms with Crippen molar-refractivity contribution in [3.05, 3.63) is 106 Å². The van der Waals surface area contributed by atoms with E-state index < -0.39 is 5.92 Å². The second-order valence-electron chi connectivity index (χ2n) is 9.63. The summed E-state index contributed by atoms with van der Waals surface area (Å²) in [5, 5.41) is 55.6. The van der Waals surface area contributed by atoms with Crippen LogP contribution in [0, 0.1) is 28.6 Å². The van der Waals surface area contributed by atoms with Gasteiger partial charge in [-0.05, 0) is 264 Å². The summed E-state index contributed by atoms with van der Waals surface area (Å²) in [6.45, 7) is 0. The van der Waals surface area contributed by atoms with Crippen LogP contribution in [-0.4, -0.2) is 25.5 Å². The van der Waals surface area contributed by atoms with Crippen molar-refractivity contribution in [1.29, 1.82) is 0 Å². The van der Waals surface area contributed by atoms with Crippen LogP contribution in [-0.2, 0) is 0 Å². The zero-order valence-electron chi connectivity index (χ0n) is 21.6. The molecule has 226 valence electrons. The summed E-state index contributed by atoms with van der Waals surface area (Å²) in [6, 6.07) is 18.8. The van der Waals surface area contributed by atoms with E-state index >= 15 is 0 Å². The molecule has 0 aliphatic rings. The fourth-order valence-corrected chi connectivity index (χ4v) is 11.5. The Hall–Kier alpha value is 0.940. The number of hydrogen-bond donors (Lipinski definition) is 5. The average Bonchev–Trinajstić information content (AvgIpc) is 2.96. The molecule has 0 unspecified atom stereocenters. The third-order valence-corrected chi connectivity index (χ3v) is 13.3. The predicted molar refractivity (Wildman–Crippen MR) is 241 cm³/mol. The van der Waals surface area contributed by atoms with Gasteiger partial charge >= 0.3 is 0 Å². The van der Waals surface area contributed by atoms with Crippen LogP contribution < -0.4 is 0 Å². The highest BCUT2D eigenvalue weighted by Crippen LogP contribution is 2.49. The fourth-order valence-electron chi connectivity index (χ4n) is 4.79. The van der Waals surface area contributed by atoms with E-state index in [1.165, 1.54) is 0 Å². The lowest BCUT2D eigenvalue weighted by atomic mass is 9.81. The topological polar surface area (TPSA) is 101 Å². The number of phenolic OH excluding ortho intramolecular Hbond substituents is 5. The van der Waals surface area contributed by atoms with Crippen molar-refractivity contribution in [2.75, 3.05) is 0 Å². The van der Waals surface area contributed by atoms with E-state index in [-0.39, 0.29) is 28.7 Å². The Labute approximate surface area is 362 Å². The van der Waals surface area contributed by atoms with Gasteiger partial charge < -0.3 is 25.5 Å². The lowest BCUT2D eigenvalue weighted by molar-refractivity contribution is 0.446. The summed E-state index contributed by atoms with van der Waals surface area (Å²) in [6.07, 6.45) is 0. The molecule has 0 amide bonds. The largest absolute Gasteiger partial charge is 0.507 e. The van der Waals surface area contributed by atoms with Gasteiger partial charge in [0.15, 0.2) is 0 Å². The van der Waals surface area contributed by atoms with Crippen LogP contribution in [0.1, 0.15) is 22.6 Å². The van der Waals surface area contributed by atoms with Gasteiger partial charge in [0.1, 0.15) is 28.7 Å². The molecule has 5 rings (SSSR count). The Kier molecular flexibility index (Phi) is 12.2. The second kappa shape index (κ2) is 14.8. The Morgan fingerprint density at radius 1 is 0.318 bits per heavy atom. The highest BCUT2D eigenvalue weighted by Gasteiger charge is 2.30. The first kappa shape index (κ1) is 36.2. The zero-order chi connectivity index (χ0) is 32.2. The van der Waals surface area contributed by atoms with Crippen molar-refractivity contribution >= 4 is 181 Å². The maximum atomic E-state index is 11.6. The van der Waals surface area contributed by atoms with Crippen molar-refractivity contribution in [1.82, 2.24) is 0 Å². The molecule has 0 fully saturated rings. The standard InChI is InChI=1S/C31H16I8O5/c32-15-9-18(29(42)25(39)10-15)26(16-1-11(3-19(33)27(16)40)13-5-21(35)30(43)22(36)6-13)17-2-12(4-20(34)28(17)41)14-7-23(37)31(44)24(38)8-14/h1-10,26,40-44H. The van der Waals surface area contributed by atoms with Crippen LogP contribution in [0.15, 0.2) is 60.7 Å². The molecule has 0 spiro atoms. The lowest BCUT2D eigenvalue weighted by Crippen LogP contribution is -2.08. The Balaban J connectivity index is 1.86.